The second-order valence-electron chi connectivity index (χ2n) is 3.82. The van der Waals surface area contributed by atoms with Gasteiger partial charge >= 0.3 is 5.97 Å². The highest BCUT2D eigenvalue weighted by Crippen LogP contribution is 2.35. The predicted octanol–water partition coefficient (Wildman–Crippen LogP) is 1.72. The minimum atomic E-state index is -0.765. The van der Waals surface area contributed by atoms with Crippen molar-refractivity contribution in [3.8, 4) is 11.5 Å². The minimum Gasteiger partial charge on any atom is -0.493 e. The van der Waals surface area contributed by atoms with Crippen LogP contribution in [0.2, 0.25) is 0 Å². The third-order valence-electron chi connectivity index (χ3n) is 2.81. The van der Waals surface area contributed by atoms with Crippen LogP contribution in [0, 0.1) is 5.92 Å². The Hall–Kier alpha value is -1.71. The molecule has 4 nitrogen and oxygen atoms in total. The topological polar surface area (TPSA) is 55.8 Å². The summed E-state index contributed by atoms with van der Waals surface area (Å²) in [5.74, 6) is 0.227. The van der Waals surface area contributed by atoms with Gasteiger partial charge in [-0.2, -0.15) is 0 Å². The van der Waals surface area contributed by atoms with Crippen LogP contribution >= 0.6 is 0 Å². The number of aliphatic carboxylic acids is 1. The van der Waals surface area contributed by atoms with Crippen LogP contribution in [0.5, 0.6) is 11.5 Å². The lowest BCUT2D eigenvalue weighted by atomic mass is 9.97. The van der Waals surface area contributed by atoms with Crippen molar-refractivity contribution in [3.63, 3.8) is 0 Å². The van der Waals surface area contributed by atoms with E-state index in [-0.39, 0.29) is 5.92 Å². The molecule has 0 saturated carbocycles. The molecule has 4 heteroatoms. The van der Waals surface area contributed by atoms with Gasteiger partial charge < -0.3 is 14.6 Å². The number of carbonyl (C=O) groups is 1. The van der Waals surface area contributed by atoms with Crippen molar-refractivity contribution in [3.05, 3.63) is 23.8 Å². The normalized spacial score (nSPS) is 19.2. The Morgan fingerprint density at radius 1 is 1.56 bits per heavy atom. The quantitative estimate of drug-likeness (QED) is 0.827. The maximum Gasteiger partial charge on any atom is 0.306 e. The number of ether oxygens (including phenoxy) is 2. The Balaban J connectivity index is 2.34. The molecule has 1 heterocycles. The molecule has 0 aliphatic carbocycles. The molecule has 16 heavy (non-hydrogen) atoms. The Morgan fingerprint density at radius 3 is 3.06 bits per heavy atom. The number of methoxy groups -OCH3 is 1. The van der Waals surface area contributed by atoms with Gasteiger partial charge in [0.05, 0.1) is 19.6 Å². The van der Waals surface area contributed by atoms with E-state index in [1.165, 1.54) is 0 Å². The zero-order chi connectivity index (χ0) is 11.5. The first-order valence-corrected chi connectivity index (χ1v) is 5.24. The summed E-state index contributed by atoms with van der Waals surface area (Å²) < 4.78 is 10.8. The molecule has 1 aliphatic rings. The van der Waals surface area contributed by atoms with Gasteiger partial charge in [-0.05, 0) is 24.5 Å². The highest BCUT2D eigenvalue weighted by atomic mass is 16.5. The van der Waals surface area contributed by atoms with Gasteiger partial charge in [0, 0.05) is 0 Å². The summed E-state index contributed by atoms with van der Waals surface area (Å²) in [5.41, 5.74) is 0.907. The van der Waals surface area contributed by atoms with Crippen LogP contribution in [0.1, 0.15) is 12.0 Å². The third-order valence-corrected chi connectivity index (χ3v) is 2.81. The molecule has 2 rings (SSSR count). The van der Waals surface area contributed by atoms with E-state index in [4.69, 9.17) is 14.6 Å². The molecule has 1 atom stereocenters. The molecule has 0 bridgehead atoms. The Bertz CT molecular complexity index is 400. The first-order chi connectivity index (χ1) is 7.72. The van der Waals surface area contributed by atoms with Crippen LogP contribution in [0.15, 0.2) is 18.2 Å². The third kappa shape index (κ3) is 1.96. The van der Waals surface area contributed by atoms with Crippen molar-refractivity contribution in [2.45, 2.75) is 12.8 Å². The molecular formula is C12H14O4. The largest absolute Gasteiger partial charge is 0.493 e. The molecule has 0 fully saturated rings. The van der Waals surface area contributed by atoms with Gasteiger partial charge in [0.25, 0.3) is 0 Å². The Labute approximate surface area is 93.8 Å². The summed E-state index contributed by atoms with van der Waals surface area (Å²) in [5, 5.41) is 9.03. The maximum absolute atomic E-state index is 11.0. The van der Waals surface area contributed by atoms with Crippen molar-refractivity contribution < 1.29 is 19.4 Å². The van der Waals surface area contributed by atoms with Gasteiger partial charge in [-0.3, -0.25) is 4.79 Å². The molecule has 0 aromatic heterocycles. The molecule has 1 aliphatic heterocycles. The van der Waals surface area contributed by atoms with E-state index in [1.807, 2.05) is 18.2 Å². The van der Waals surface area contributed by atoms with Crippen LogP contribution in [0.25, 0.3) is 0 Å². The molecule has 1 aromatic rings. The number of hydrogen-bond acceptors (Lipinski definition) is 3. The van der Waals surface area contributed by atoms with Crippen LogP contribution in [-0.2, 0) is 11.2 Å². The van der Waals surface area contributed by atoms with E-state index < -0.39 is 5.97 Å². The van der Waals surface area contributed by atoms with E-state index >= 15 is 0 Å². The fourth-order valence-corrected chi connectivity index (χ4v) is 1.93. The standard InChI is InChI=1S/C12H14O4/c1-15-10-4-2-3-8-7-9(12(13)14)5-6-16-11(8)10/h2-4,9H,5-7H2,1H3,(H,13,14). The lowest BCUT2D eigenvalue weighted by Crippen LogP contribution is -2.16. The fourth-order valence-electron chi connectivity index (χ4n) is 1.93. The number of fused-ring (bicyclic) bond motifs is 1. The fraction of sp³-hybridized carbons (Fsp3) is 0.417. The summed E-state index contributed by atoms with van der Waals surface area (Å²) in [7, 11) is 1.58. The van der Waals surface area contributed by atoms with Gasteiger partial charge in [0.1, 0.15) is 0 Å². The zero-order valence-electron chi connectivity index (χ0n) is 9.10. The van der Waals surface area contributed by atoms with Crippen molar-refractivity contribution in [2.75, 3.05) is 13.7 Å². The number of hydrogen-bond donors (Lipinski definition) is 1. The van der Waals surface area contributed by atoms with Crippen molar-refractivity contribution >= 4 is 5.97 Å². The summed E-state index contributed by atoms with van der Waals surface area (Å²) in [4.78, 5) is 11.0. The van der Waals surface area contributed by atoms with Crippen LogP contribution in [0.4, 0.5) is 0 Å². The number of carboxylic acid groups (broad SMARTS) is 1. The molecule has 0 amide bonds. The molecule has 1 unspecified atom stereocenters. The van der Waals surface area contributed by atoms with Crippen molar-refractivity contribution in [1.29, 1.82) is 0 Å². The molecule has 0 spiro atoms. The first-order valence-electron chi connectivity index (χ1n) is 5.24. The van der Waals surface area contributed by atoms with Gasteiger partial charge in [0.15, 0.2) is 11.5 Å². The molecule has 0 radical (unpaired) electrons. The van der Waals surface area contributed by atoms with E-state index in [0.29, 0.717) is 30.9 Å². The van der Waals surface area contributed by atoms with E-state index in [2.05, 4.69) is 0 Å². The van der Waals surface area contributed by atoms with Gasteiger partial charge in [-0.15, -0.1) is 0 Å². The highest BCUT2D eigenvalue weighted by Gasteiger charge is 2.24. The lowest BCUT2D eigenvalue weighted by Gasteiger charge is -2.11. The smallest absolute Gasteiger partial charge is 0.306 e. The first kappa shape index (κ1) is 10.8. The average Bonchev–Trinajstić information content (AvgIpc) is 2.50. The summed E-state index contributed by atoms with van der Waals surface area (Å²) in [6.45, 7) is 0.421. The molecular weight excluding hydrogens is 208 g/mol. The number of carboxylic acids is 1. The van der Waals surface area contributed by atoms with Gasteiger partial charge in [-0.1, -0.05) is 12.1 Å². The summed E-state index contributed by atoms with van der Waals surface area (Å²) in [6.07, 6.45) is 1.04. The number of benzene rings is 1. The van der Waals surface area contributed by atoms with Crippen LogP contribution in [0.3, 0.4) is 0 Å². The second kappa shape index (κ2) is 4.43. The highest BCUT2D eigenvalue weighted by molar-refractivity contribution is 5.71. The predicted molar refractivity (Wildman–Crippen MR) is 57.9 cm³/mol. The van der Waals surface area contributed by atoms with E-state index in [0.717, 1.165) is 5.56 Å². The maximum atomic E-state index is 11.0. The lowest BCUT2D eigenvalue weighted by molar-refractivity contribution is -0.142. The van der Waals surface area contributed by atoms with E-state index in [1.54, 1.807) is 7.11 Å². The SMILES string of the molecule is COc1cccc2c1OCCC(C(=O)O)C2. The van der Waals surface area contributed by atoms with Crippen molar-refractivity contribution in [2.24, 2.45) is 5.92 Å². The number of rotatable bonds is 2. The summed E-state index contributed by atoms with van der Waals surface area (Å²) >= 11 is 0. The Morgan fingerprint density at radius 2 is 2.38 bits per heavy atom. The molecule has 0 saturated heterocycles. The number of para-hydroxylation sites is 1. The van der Waals surface area contributed by atoms with Gasteiger partial charge in [0.2, 0.25) is 0 Å². The van der Waals surface area contributed by atoms with Gasteiger partial charge in [-0.25, -0.2) is 0 Å². The van der Waals surface area contributed by atoms with Crippen LogP contribution < -0.4 is 9.47 Å². The van der Waals surface area contributed by atoms with Crippen molar-refractivity contribution in [1.82, 2.24) is 0 Å². The molecule has 1 aromatic carbocycles. The molecule has 1 N–H and O–H groups in total. The molecule has 86 valence electrons. The minimum absolute atomic E-state index is 0.367. The second-order valence-corrected chi connectivity index (χ2v) is 3.82. The van der Waals surface area contributed by atoms with Crippen LogP contribution in [-0.4, -0.2) is 24.8 Å². The van der Waals surface area contributed by atoms with E-state index in [9.17, 15) is 4.79 Å². The zero-order valence-corrected chi connectivity index (χ0v) is 9.10. The monoisotopic (exact) mass is 222 g/mol. The average molecular weight is 222 g/mol. The Kier molecular flexibility index (Phi) is 2.99. The summed E-state index contributed by atoms with van der Waals surface area (Å²) in [6, 6.07) is 5.56.